The van der Waals surface area contributed by atoms with Crippen molar-refractivity contribution in [2.24, 2.45) is 5.92 Å². The number of carboxylic acids is 1. The summed E-state index contributed by atoms with van der Waals surface area (Å²) in [5, 5.41) is 12.6. The predicted molar refractivity (Wildman–Crippen MR) is 89.8 cm³/mol. The van der Waals surface area contributed by atoms with Gasteiger partial charge in [-0.05, 0) is 42.9 Å². The highest BCUT2D eigenvalue weighted by molar-refractivity contribution is 6.30. The van der Waals surface area contributed by atoms with Gasteiger partial charge in [-0.3, -0.25) is 4.79 Å². The molecule has 1 aromatic carbocycles. The van der Waals surface area contributed by atoms with Gasteiger partial charge in [-0.1, -0.05) is 30.7 Å². The lowest BCUT2D eigenvalue weighted by Gasteiger charge is -2.22. The average Bonchev–Trinajstić information content (AvgIpc) is 2.95. The number of benzene rings is 1. The number of carbonyl (C=O) groups excluding carboxylic acids is 1. The number of aliphatic carboxylic acids is 1. The Morgan fingerprint density at radius 2 is 2.17 bits per heavy atom. The van der Waals surface area contributed by atoms with E-state index in [0.717, 1.165) is 24.3 Å². The molecule has 6 heteroatoms. The highest BCUT2D eigenvalue weighted by atomic mass is 35.5. The van der Waals surface area contributed by atoms with Crippen LogP contribution in [-0.4, -0.2) is 41.6 Å². The van der Waals surface area contributed by atoms with E-state index in [4.69, 9.17) is 16.7 Å². The van der Waals surface area contributed by atoms with Crippen molar-refractivity contribution in [3.8, 4) is 0 Å². The van der Waals surface area contributed by atoms with Crippen LogP contribution in [-0.2, 0) is 4.79 Å². The van der Waals surface area contributed by atoms with Crippen LogP contribution >= 0.6 is 11.6 Å². The van der Waals surface area contributed by atoms with E-state index in [2.05, 4.69) is 11.4 Å². The van der Waals surface area contributed by atoms with Crippen LogP contribution in [0.3, 0.4) is 0 Å². The molecular formula is C17H23ClN2O3. The predicted octanol–water partition coefficient (Wildman–Crippen LogP) is 3.34. The first-order valence-corrected chi connectivity index (χ1v) is 8.24. The van der Waals surface area contributed by atoms with Crippen LogP contribution in [0.4, 0.5) is 4.79 Å². The summed E-state index contributed by atoms with van der Waals surface area (Å²) in [4.78, 5) is 24.5. The monoisotopic (exact) mass is 338 g/mol. The Hall–Kier alpha value is -1.75. The maximum Gasteiger partial charge on any atom is 0.317 e. The lowest BCUT2D eigenvalue weighted by Crippen LogP contribution is -2.44. The van der Waals surface area contributed by atoms with Gasteiger partial charge in [-0.2, -0.15) is 0 Å². The molecule has 0 bridgehead atoms. The maximum absolute atomic E-state index is 12.2. The number of amides is 2. The minimum Gasteiger partial charge on any atom is -0.481 e. The first-order chi connectivity index (χ1) is 10.9. The van der Waals surface area contributed by atoms with Gasteiger partial charge in [0.05, 0.1) is 5.92 Å². The Kier molecular flexibility index (Phi) is 5.88. The zero-order valence-corrected chi connectivity index (χ0v) is 14.2. The van der Waals surface area contributed by atoms with Gasteiger partial charge in [0.25, 0.3) is 0 Å². The van der Waals surface area contributed by atoms with E-state index in [-0.39, 0.29) is 18.6 Å². The summed E-state index contributed by atoms with van der Waals surface area (Å²) >= 11 is 6.04. The molecule has 2 rings (SSSR count). The number of carboxylic acid groups (broad SMARTS) is 1. The Morgan fingerprint density at radius 3 is 2.83 bits per heavy atom. The summed E-state index contributed by atoms with van der Waals surface area (Å²) in [6.45, 7) is 1.79. The second-order valence-corrected chi connectivity index (χ2v) is 6.77. The number of nitrogens with one attached hydrogen (secondary N) is 1. The summed E-state index contributed by atoms with van der Waals surface area (Å²) in [6.07, 6.45) is 2.82. The van der Waals surface area contributed by atoms with Crippen LogP contribution in [0.1, 0.15) is 37.7 Å². The van der Waals surface area contributed by atoms with Crippen molar-refractivity contribution in [1.29, 1.82) is 0 Å². The van der Waals surface area contributed by atoms with Gasteiger partial charge < -0.3 is 15.3 Å². The lowest BCUT2D eigenvalue weighted by atomic mass is 9.97. The molecule has 1 aromatic rings. The van der Waals surface area contributed by atoms with Crippen LogP contribution < -0.4 is 5.32 Å². The molecule has 3 atom stereocenters. The van der Waals surface area contributed by atoms with E-state index in [1.54, 1.807) is 14.0 Å². The largest absolute Gasteiger partial charge is 0.481 e. The molecule has 1 fully saturated rings. The second-order valence-electron chi connectivity index (χ2n) is 6.33. The van der Waals surface area contributed by atoms with Crippen molar-refractivity contribution in [3.05, 3.63) is 34.9 Å². The van der Waals surface area contributed by atoms with E-state index >= 15 is 0 Å². The third kappa shape index (κ3) is 4.86. The number of hydrogen-bond acceptors (Lipinski definition) is 2. The molecule has 0 heterocycles. The van der Waals surface area contributed by atoms with Crippen LogP contribution in [0, 0.1) is 5.92 Å². The third-order valence-corrected chi connectivity index (χ3v) is 4.63. The van der Waals surface area contributed by atoms with Crippen molar-refractivity contribution in [2.45, 2.75) is 38.1 Å². The van der Waals surface area contributed by atoms with Crippen molar-refractivity contribution >= 4 is 23.6 Å². The molecular weight excluding hydrogens is 316 g/mol. The SMILES string of the molecule is CC(CN(C)C(=O)NC1CCC(c2cccc(Cl)c2)C1)C(=O)O. The number of rotatable bonds is 5. The van der Waals surface area contributed by atoms with Gasteiger partial charge in [-0.15, -0.1) is 0 Å². The topological polar surface area (TPSA) is 69.6 Å². The summed E-state index contributed by atoms with van der Waals surface area (Å²) < 4.78 is 0. The first-order valence-electron chi connectivity index (χ1n) is 7.86. The van der Waals surface area contributed by atoms with Gasteiger partial charge in [0.2, 0.25) is 0 Å². The van der Waals surface area contributed by atoms with E-state index in [9.17, 15) is 9.59 Å². The Bertz CT molecular complexity index is 579. The van der Waals surface area contributed by atoms with E-state index in [0.29, 0.717) is 5.92 Å². The second kappa shape index (κ2) is 7.68. The molecule has 23 heavy (non-hydrogen) atoms. The van der Waals surface area contributed by atoms with Crippen LogP contribution in [0.5, 0.6) is 0 Å². The quantitative estimate of drug-likeness (QED) is 0.865. The molecule has 1 saturated carbocycles. The summed E-state index contributed by atoms with van der Waals surface area (Å²) in [5.74, 6) is -1.07. The standard InChI is InChI=1S/C17H23ClN2O3/c1-11(16(21)22)10-20(2)17(23)19-15-7-6-13(9-15)12-4-3-5-14(18)8-12/h3-5,8,11,13,15H,6-7,9-10H2,1-2H3,(H,19,23)(H,21,22). The lowest BCUT2D eigenvalue weighted by molar-refractivity contribution is -0.141. The van der Waals surface area contributed by atoms with Gasteiger partial charge in [0, 0.05) is 24.7 Å². The molecule has 0 spiro atoms. The minimum absolute atomic E-state index is 0.120. The molecule has 0 aliphatic heterocycles. The number of nitrogens with zero attached hydrogens (tertiary/aromatic N) is 1. The fourth-order valence-electron chi connectivity index (χ4n) is 3.03. The van der Waals surface area contributed by atoms with Gasteiger partial charge in [-0.25, -0.2) is 4.79 Å². The molecule has 1 aliphatic carbocycles. The van der Waals surface area contributed by atoms with Crippen molar-refractivity contribution in [3.63, 3.8) is 0 Å². The Morgan fingerprint density at radius 1 is 1.43 bits per heavy atom. The van der Waals surface area contributed by atoms with Crippen molar-refractivity contribution in [1.82, 2.24) is 10.2 Å². The molecule has 126 valence electrons. The molecule has 1 aliphatic rings. The van der Waals surface area contributed by atoms with Crippen molar-refractivity contribution < 1.29 is 14.7 Å². The molecule has 3 unspecified atom stereocenters. The Balaban J connectivity index is 1.85. The van der Waals surface area contributed by atoms with E-state index < -0.39 is 11.9 Å². The smallest absolute Gasteiger partial charge is 0.317 e. The molecule has 2 amide bonds. The maximum atomic E-state index is 12.2. The van der Waals surface area contributed by atoms with Crippen LogP contribution in [0.15, 0.2) is 24.3 Å². The summed E-state index contributed by atoms with van der Waals surface area (Å²) in [7, 11) is 1.62. The summed E-state index contributed by atoms with van der Waals surface area (Å²) in [6, 6.07) is 7.77. The van der Waals surface area contributed by atoms with Gasteiger partial charge in [0.15, 0.2) is 0 Å². The number of halogens is 1. The first kappa shape index (κ1) is 17.6. The Labute approximate surface area is 141 Å². The minimum atomic E-state index is -0.897. The van der Waals surface area contributed by atoms with Gasteiger partial charge >= 0.3 is 12.0 Å². The van der Waals surface area contributed by atoms with E-state index in [1.807, 2.05) is 18.2 Å². The zero-order chi connectivity index (χ0) is 17.0. The molecule has 0 aromatic heterocycles. The number of urea groups is 1. The molecule has 2 N–H and O–H groups in total. The fraction of sp³-hybridized carbons (Fsp3) is 0.529. The number of hydrogen-bond donors (Lipinski definition) is 2. The summed E-state index contributed by atoms with van der Waals surface area (Å²) in [5.41, 5.74) is 1.21. The molecule has 0 saturated heterocycles. The highest BCUT2D eigenvalue weighted by Gasteiger charge is 2.28. The van der Waals surface area contributed by atoms with Gasteiger partial charge in [0.1, 0.15) is 0 Å². The zero-order valence-electron chi connectivity index (χ0n) is 13.5. The van der Waals surface area contributed by atoms with Crippen LogP contribution in [0.2, 0.25) is 5.02 Å². The molecule has 0 radical (unpaired) electrons. The normalized spacial score (nSPS) is 21.7. The van der Waals surface area contributed by atoms with E-state index in [1.165, 1.54) is 10.5 Å². The average molecular weight is 339 g/mol. The highest BCUT2D eigenvalue weighted by Crippen LogP contribution is 2.35. The third-order valence-electron chi connectivity index (χ3n) is 4.40. The number of carbonyl (C=O) groups is 2. The van der Waals surface area contributed by atoms with Crippen LogP contribution in [0.25, 0.3) is 0 Å². The van der Waals surface area contributed by atoms with Crippen molar-refractivity contribution in [2.75, 3.05) is 13.6 Å². The fourth-order valence-corrected chi connectivity index (χ4v) is 3.23. The molecule has 5 nitrogen and oxygen atoms in total.